The zero-order valence-corrected chi connectivity index (χ0v) is 7.10. The van der Waals surface area contributed by atoms with E-state index in [4.69, 9.17) is 9.47 Å². The van der Waals surface area contributed by atoms with Crippen LogP contribution < -0.4 is 0 Å². The van der Waals surface area contributed by atoms with Gasteiger partial charge in [0.15, 0.2) is 6.29 Å². The summed E-state index contributed by atoms with van der Waals surface area (Å²) >= 11 is 0. The first-order valence-corrected chi connectivity index (χ1v) is 3.82. The molecule has 0 aliphatic carbocycles. The van der Waals surface area contributed by atoms with Gasteiger partial charge in [0.25, 0.3) is 0 Å². The van der Waals surface area contributed by atoms with Crippen molar-refractivity contribution in [2.45, 2.75) is 12.3 Å². The molecule has 0 heterocycles. The Labute approximate surface area is 47.2 Å². The van der Waals surface area contributed by atoms with E-state index in [1.54, 1.807) is 14.2 Å². The topological polar surface area (TPSA) is 18.5 Å². The van der Waals surface area contributed by atoms with E-state index >= 15 is 0 Å². The van der Waals surface area contributed by atoms with Gasteiger partial charge in [0, 0.05) is 24.5 Å². The van der Waals surface area contributed by atoms with Gasteiger partial charge in [0.05, 0.1) is 0 Å². The van der Waals surface area contributed by atoms with Crippen molar-refractivity contribution in [3.63, 3.8) is 0 Å². The van der Waals surface area contributed by atoms with Crippen molar-refractivity contribution >= 4 is 10.2 Å². The number of rotatable bonds is 3. The van der Waals surface area contributed by atoms with Crippen LogP contribution in [-0.4, -0.2) is 30.8 Å². The second-order valence-corrected chi connectivity index (χ2v) is 2.13. The summed E-state index contributed by atoms with van der Waals surface area (Å²) in [4.78, 5) is 0. The molecule has 0 N–H and O–H groups in total. The van der Waals surface area contributed by atoms with Crippen molar-refractivity contribution < 1.29 is 9.47 Å². The summed E-state index contributed by atoms with van der Waals surface area (Å²) in [6.07, 6.45) is 0.0478. The Balaban J connectivity index is 2.99. The molecule has 3 heteroatoms. The molecule has 0 saturated heterocycles. The van der Waals surface area contributed by atoms with E-state index in [0.717, 1.165) is 16.3 Å². The molecule has 0 aliphatic rings. The van der Waals surface area contributed by atoms with Gasteiger partial charge in [0.1, 0.15) is 0 Å². The van der Waals surface area contributed by atoms with E-state index < -0.39 is 0 Å². The average Bonchev–Trinajstić information content (AvgIpc) is 1.72. The minimum Gasteiger partial charge on any atom is -0.356 e. The number of ether oxygens (including phenoxy) is 2. The monoisotopic (exact) mass is 120 g/mol. The summed E-state index contributed by atoms with van der Waals surface area (Å²) in [7, 11) is 4.46. The molecule has 0 bridgehead atoms. The second-order valence-electron chi connectivity index (χ2n) is 1.31. The van der Waals surface area contributed by atoms with Crippen molar-refractivity contribution in [2.75, 3.05) is 14.2 Å². The molecule has 0 aromatic carbocycles. The van der Waals surface area contributed by atoms with E-state index in [1.807, 2.05) is 0 Å². The molecular formula is C4H12O2Si. The normalized spacial score (nSPS) is 10.7. The summed E-state index contributed by atoms with van der Waals surface area (Å²) < 4.78 is 9.72. The molecule has 0 rings (SSSR count). The third-order valence-electron chi connectivity index (χ3n) is 0.859. The predicted molar refractivity (Wildman–Crippen MR) is 32.6 cm³/mol. The van der Waals surface area contributed by atoms with Crippen LogP contribution in [0.15, 0.2) is 0 Å². The fourth-order valence-corrected chi connectivity index (χ4v) is 1.10. The largest absolute Gasteiger partial charge is 0.356 e. The van der Waals surface area contributed by atoms with Crippen LogP contribution in [0.4, 0.5) is 0 Å². The summed E-state index contributed by atoms with van der Waals surface area (Å²) in [5.41, 5.74) is 0. The minimum absolute atomic E-state index is 0.0478. The lowest BCUT2D eigenvalue weighted by Crippen LogP contribution is -2.10. The number of hydrogen-bond acceptors (Lipinski definition) is 2. The van der Waals surface area contributed by atoms with Crippen molar-refractivity contribution in [3.8, 4) is 0 Å². The maximum Gasteiger partial charge on any atom is 0.153 e. The average molecular weight is 120 g/mol. The van der Waals surface area contributed by atoms with Gasteiger partial charge < -0.3 is 9.47 Å². The standard InChI is InChI=1S/C4H12O2Si/c1-5-4(3-7)6-2/h4H,3H2,1-2,7H3. The molecule has 0 atom stereocenters. The van der Waals surface area contributed by atoms with Crippen LogP contribution in [0, 0.1) is 0 Å². The summed E-state index contributed by atoms with van der Waals surface area (Å²) in [5, 5.41) is 0. The van der Waals surface area contributed by atoms with Gasteiger partial charge in [-0.05, 0) is 6.04 Å². The molecule has 44 valence electrons. The van der Waals surface area contributed by atoms with Crippen LogP contribution in [0.3, 0.4) is 0 Å². The highest BCUT2D eigenvalue weighted by molar-refractivity contribution is 6.08. The van der Waals surface area contributed by atoms with Crippen LogP contribution >= 0.6 is 0 Å². The molecule has 0 unspecified atom stereocenters. The van der Waals surface area contributed by atoms with E-state index in [2.05, 4.69) is 0 Å². The van der Waals surface area contributed by atoms with Crippen LogP contribution in [0.1, 0.15) is 0 Å². The molecule has 0 aromatic rings. The number of hydrogen-bond donors (Lipinski definition) is 0. The van der Waals surface area contributed by atoms with Gasteiger partial charge in [0.2, 0.25) is 0 Å². The molecule has 0 fully saturated rings. The Bertz CT molecular complexity index is 31.2. The lowest BCUT2D eigenvalue weighted by molar-refractivity contribution is -0.0871. The fourth-order valence-electron chi connectivity index (χ4n) is 0.430. The van der Waals surface area contributed by atoms with E-state index in [1.165, 1.54) is 0 Å². The Morgan fingerprint density at radius 1 is 1.43 bits per heavy atom. The Kier molecular flexibility index (Phi) is 4.38. The van der Waals surface area contributed by atoms with Gasteiger partial charge in [-0.25, -0.2) is 0 Å². The van der Waals surface area contributed by atoms with Gasteiger partial charge in [-0.15, -0.1) is 0 Å². The molecule has 0 aromatic heterocycles. The van der Waals surface area contributed by atoms with Crippen molar-refractivity contribution in [1.29, 1.82) is 0 Å². The third-order valence-corrected chi connectivity index (χ3v) is 1.53. The maximum atomic E-state index is 4.86. The van der Waals surface area contributed by atoms with Crippen molar-refractivity contribution in [2.24, 2.45) is 0 Å². The van der Waals surface area contributed by atoms with Crippen LogP contribution in [-0.2, 0) is 9.47 Å². The molecule has 0 radical (unpaired) electrons. The van der Waals surface area contributed by atoms with Crippen LogP contribution in [0.25, 0.3) is 0 Å². The van der Waals surface area contributed by atoms with E-state index in [0.29, 0.717) is 0 Å². The molecule has 2 nitrogen and oxygen atoms in total. The highest BCUT2D eigenvalue weighted by Gasteiger charge is 1.96. The zero-order chi connectivity index (χ0) is 5.70. The van der Waals surface area contributed by atoms with E-state index in [-0.39, 0.29) is 6.29 Å². The molecule has 0 amide bonds. The Morgan fingerprint density at radius 2 is 1.86 bits per heavy atom. The smallest absolute Gasteiger partial charge is 0.153 e. The van der Waals surface area contributed by atoms with Gasteiger partial charge in [-0.1, -0.05) is 0 Å². The van der Waals surface area contributed by atoms with Crippen molar-refractivity contribution in [3.05, 3.63) is 0 Å². The Morgan fingerprint density at radius 3 is 1.86 bits per heavy atom. The van der Waals surface area contributed by atoms with E-state index in [9.17, 15) is 0 Å². The highest BCUT2D eigenvalue weighted by Crippen LogP contribution is 1.92. The first kappa shape index (κ1) is 7.14. The summed E-state index contributed by atoms with van der Waals surface area (Å²) in [5.74, 6) is 0. The highest BCUT2D eigenvalue weighted by atomic mass is 28.1. The minimum atomic E-state index is 0.0478. The van der Waals surface area contributed by atoms with Crippen molar-refractivity contribution in [1.82, 2.24) is 0 Å². The SMILES string of the molecule is COC(C[SiH3])OC. The second kappa shape index (κ2) is 4.30. The fraction of sp³-hybridized carbons (Fsp3) is 1.00. The van der Waals surface area contributed by atoms with Gasteiger partial charge in [-0.3, -0.25) is 0 Å². The van der Waals surface area contributed by atoms with Crippen LogP contribution in [0.5, 0.6) is 0 Å². The lowest BCUT2D eigenvalue weighted by Gasteiger charge is -2.08. The quantitative estimate of drug-likeness (QED) is 0.365. The molecular weight excluding hydrogens is 108 g/mol. The molecule has 0 spiro atoms. The summed E-state index contributed by atoms with van der Waals surface area (Å²) in [6.45, 7) is 0. The maximum absolute atomic E-state index is 4.86. The zero-order valence-electron chi connectivity index (χ0n) is 5.10. The number of methoxy groups -OCH3 is 2. The molecule has 0 saturated carbocycles. The molecule has 7 heavy (non-hydrogen) atoms. The Hall–Kier alpha value is 0.137. The lowest BCUT2D eigenvalue weighted by atomic mass is 10.7. The summed E-state index contributed by atoms with van der Waals surface area (Å²) in [6, 6.07) is 1.05. The molecule has 0 aliphatic heterocycles. The third kappa shape index (κ3) is 2.79. The first-order valence-electron chi connectivity index (χ1n) is 2.40. The first-order chi connectivity index (χ1) is 3.35. The predicted octanol–water partition coefficient (Wildman–Crippen LogP) is -0.611. The van der Waals surface area contributed by atoms with Crippen LogP contribution in [0.2, 0.25) is 6.04 Å². The van der Waals surface area contributed by atoms with Gasteiger partial charge >= 0.3 is 0 Å². The van der Waals surface area contributed by atoms with Gasteiger partial charge in [-0.2, -0.15) is 0 Å².